The van der Waals surface area contributed by atoms with Crippen LogP contribution in [0.25, 0.3) is 0 Å². The normalized spacial score (nSPS) is 14.3. The van der Waals surface area contributed by atoms with Gasteiger partial charge in [0.1, 0.15) is 5.56 Å². The number of carbonyl (C=O) groups excluding carboxylic acids is 2. The predicted molar refractivity (Wildman–Crippen MR) is 64.1 cm³/mol. The van der Waals surface area contributed by atoms with Gasteiger partial charge in [-0.3, -0.25) is 10.00 Å². The molecule has 18 heavy (non-hydrogen) atoms. The van der Waals surface area contributed by atoms with Crippen molar-refractivity contribution in [3.05, 3.63) is 11.8 Å². The summed E-state index contributed by atoms with van der Waals surface area (Å²) in [5.41, 5.74) is 5.27. The smallest absolute Gasteiger partial charge is 0.343 e. The van der Waals surface area contributed by atoms with E-state index in [4.69, 9.17) is 10.5 Å². The monoisotopic (exact) mass is 252 g/mol. The summed E-state index contributed by atoms with van der Waals surface area (Å²) in [6, 6.07) is -0.753. The van der Waals surface area contributed by atoms with E-state index in [1.54, 1.807) is 17.8 Å². The quantitative estimate of drug-likeness (QED) is 0.762. The van der Waals surface area contributed by atoms with Crippen molar-refractivity contribution in [3.8, 4) is 0 Å². The number of esters is 1. The minimum absolute atomic E-state index is 0.154. The maximum Gasteiger partial charge on any atom is 0.343 e. The van der Waals surface area contributed by atoms with E-state index in [0.717, 1.165) is 6.54 Å². The molecule has 2 amide bonds. The van der Waals surface area contributed by atoms with Gasteiger partial charge in [-0.05, 0) is 25.7 Å². The molecule has 0 spiro atoms. The van der Waals surface area contributed by atoms with Crippen molar-refractivity contribution in [3.63, 3.8) is 0 Å². The molecule has 0 unspecified atom stereocenters. The summed E-state index contributed by atoms with van der Waals surface area (Å²) in [6.45, 7) is 2.73. The average molecular weight is 252 g/mol. The molecule has 1 heterocycles. The van der Waals surface area contributed by atoms with Gasteiger partial charge >= 0.3 is 12.0 Å². The molecule has 2 rings (SSSR count). The van der Waals surface area contributed by atoms with E-state index in [1.165, 1.54) is 12.8 Å². The molecule has 1 aromatic rings. The second kappa shape index (κ2) is 5.07. The molecule has 1 saturated carbocycles. The number of urea groups is 1. The highest BCUT2D eigenvalue weighted by molar-refractivity contribution is 5.99. The maximum atomic E-state index is 11.7. The number of nitrogens with zero attached hydrogens (tertiary/aromatic N) is 2. The minimum atomic E-state index is -0.753. The molecular weight excluding hydrogens is 236 g/mol. The number of hydrogen-bond acceptors (Lipinski definition) is 4. The van der Waals surface area contributed by atoms with Crippen LogP contribution in [0.15, 0.2) is 6.20 Å². The van der Waals surface area contributed by atoms with Crippen LogP contribution in [0, 0.1) is 5.92 Å². The zero-order valence-electron chi connectivity index (χ0n) is 10.2. The Balaban J connectivity index is 2.19. The van der Waals surface area contributed by atoms with Gasteiger partial charge in [-0.1, -0.05) is 0 Å². The molecular formula is C11H16N4O3. The van der Waals surface area contributed by atoms with Gasteiger partial charge in [-0.15, -0.1) is 0 Å². The molecule has 0 aromatic carbocycles. The van der Waals surface area contributed by atoms with Crippen LogP contribution < -0.4 is 11.1 Å². The lowest BCUT2D eigenvalue weighted by Crippen LogP contribution is -2.21. The van der Waals surface area contributed by atoms with Crippen molar-refractivity contribution >= 4 is 17.8 Å². The fraction of sp³-hybridized carbons (Fsp3) is 0.545. The third-order valence-corrected chi connectivity index (χ3v) is 2.64. The van der Waals surface area contributed by atoms with Crippen molar-refractivity contribution in [2.75, 3.05) is 11.9 Å². The molecule has 7 nitrogen and oxygen atoms in total. The number of hydrogen-bond donors (Lipinski definition) is 2. The maximum absolute atomic E-state index is 11.7. The molecule has 98 valence electrons. The summed E-state index contributed by atoms with van der Waals surface area (Å²) >= 11 is 0. The topological polar surface area (TPSA) is 99.2 Å². The van der Waals surface area contributed by atoms with Crippen molar-refractivity contribution in [1.82, 2.24) is 9.78 Å². The zero-order chi connectivity index (χ0) is 13.1. The summed E-state index contributed by atoms with van der Waals surface area (Å²) in [4.78, 5) is 22.5. The Kier molecular flexibility index (Phi) is 3.50. The van der Waals surface area contributed by atoms with E-state index >= 15 is 0 Å². The zero-order valence-corrected chi connectivity index (χ0v) is 10.2. The first-order chi connectivity index (χ1) is 8.60. The van der Waals surface area contributed by atoms with E-state index < -0.39 is 12.0 Å². The Labute approximate surface area is 104 Å². The highest BCUT2D eigenvalue weighted by Gasteiger charge is 2.24. The number of ether oxygens (including phenoxy) is 1. The number of aromatic nitrogens is 2. The standard InChI is InChI=1S/C11H16N4O3/c1-2-18-10(16)8-6-15(5-7-3-4-7)14-9(8)13-11(12)17/h6-7H,2-5H2,1H3,(H3,12,13,14,17). The number of rotatable bonds is 5. The first-order valence-electron chi connectivity index (χ1n) is 5.91. The summed E-state index contributed by atoms with van der Waals surface area (Å²) in [7, 11) is 0. The van der Waals surface area contributed by atoms with Gasteiger partial charge in [0.05, 0.1) is 6.61 Å². The van der Waals surface area contributed by atoms with Crippen LogP contribution in [0.3, 0.4) is 0 Å². The summed E-state index contributed by atoms with van der Waals surface area (Å²) in [5, 5.41) is 6.47. The van der Waals surface area contributed by atoms with E-state index in [9.17, 15) is 9.59 Å². The number of nitrogens with two attached hydrogens (primary N) is 1. The van der Waals surface area contributed by atoms with Crippen LogP contribution in [0.4, 0.5) is 10.6 Å². The summed E-state index contributed by atoms with van der Waals surface area (Å²) < 4.78 is 6.55. The van der Waals surface area contributed by atoms with Crippen molar-refractivity contribution < 1.29 is 14.3 Å². The molecule has 1 aliphatic carbocycles. The van der Waals surface area contributed by atoms with Gasteiger partial charge in [-0.25, -0.2) is 9.59 Å². The highest BCUT2D eigenvalue weighted by Crippen LogP contribution is 2.31. The fourth-order valence-corrected chi connectivity index (χ4v) is 1.65. The Morgan fingerprint density at radius 3 is 2.89 bits per heavy atom. The van der Waals surface area contributed by atoms with E-state index in [0.29, 0.717) is 5.92 Å². The second-order valence-corrected chi connectivity index (χ2v) is 4.27. The lowest BCUT2D eigenvalue weighted by molar-refractivity contribution is 0.0527. The Morgan fingerprint density at radius 1 is 1.61 bits per heavy atom. The van der Waals surface area contributed by atoms with Gasteiger partial charge in [-0.2, -0.15) is 5.10 Å². The van der Waals surface area contributed by atoms with Crippen LogP contribution in [0.5, 0.6) is 0 Å². The van der Waals surface area contributed by atoms with Gasteiger partial charge in [0, 0.05) is 12.7 Å². The Hall–Kier alpha value is -2.05. The largest absolute Gasteiger partial charge is 0.462 e. The molecule has 3 N–H and O–H groups in total. The molecule has 0 saturated heterocycles. The average Bonchev–Trinajstić information content (AvgIpc) is 3.00. The van der Waals surface area contributed by atoms with E-state index in [1.807, 2.05) is 0 Å². The second-order valence-electron chi connectivity index (χ2n) is 4.27. The van der Waals surface area contributed by atoms with Crippen LogP contribution in [-0.2, 0) is 11.3 Å². The predicted octanol–water partition coefficient (Wildman–Crippen LogP) is 0.960. The van der Waals surface area contributed by atoms with Gasteiger partial charge in [0.25, 0.3) is 0 Å². The third kappa shape index (κ3) is 2.99. The summed E-state index contributed by atoms with van der Waals surface area (Å²) in [5.74, 6) is 0.256. The number of nitrogens with one attached hydrogen (secondary N) is 1. The lowest BCUT2D eigenvalue weighted by atomic mass is 10.3. The molecule has 0 aliphatic heterocycles. The number of anilines is 1. The Morgan fingerprint density at radius 2 is 2.33 bits per heavy atom. The fourth-order valence-electron chi connectivity index (χ4n) is 1.65. The van der Waals surface area contributed by atoms with Gasteiger partial charge in [0.15, 0.2) is 5.82 Å². The van der Waals surface area contributed by atoms with Crippen LogP contribution in [0.2, 0.25) is 0 Å². The number of primary amides is 1. The SMILES string of the molecule is CCOC(=O)c1cn(CC2CC2)nc1NC(N)=O. The number of carbonyl (C=O) groups is 2. The third-order valence-electron chi connectivity index (χ3n) is 2.64. The number of amides is 2. The van der Waals surface area contributed by atoms with Gasteiger partial charge < -0.3 is 10.5 Å². The molecule has 0 radical (unpaired) electrons. The van der Waals surface area contributed by atoms with Gasteiger partial charge in [0.2, 0.25) is 0 Å². The molecule has 0 atom stereocenters. The molecule has 1 fully saturated rings. The van der Waals surface area contributed by atoms with Crippen molar-refractivity contribution in [2.45, 2.75) is 26.3 Å². The van der Waals surface area contributed by atoms with Crippen LogP contribution >= 0.6 is 0 Å². The van der Waals surface area contributed by atoms with Crippen molar-refractivity contribution in [1.29, 1.82) is 0 Å². The minimum Gasteiger partial charge on any atom is -0.462 e. The first kappa shape index (κ1) is 12.4. The van der Waals surface area contributed by atoms with Crippen LogP contribution in [0.1, 0.15) is 30.1 Å². The Bertz CT molecular complexity index is 465. The van der Waals surface area contributed by atoms with E-state index in [-0.39, 0.29) is 18.0 Å². The molecule has 1 aromatic heterocycles. The first-order valence-corrected chi connectivity index (χ1v) is 5.91. The van der Waals surface area contributed by atoms with Crippen LogP contribution in [-0.4, -0.2) is 28.4 Å². The summed E-state index contributed by atoms with van der Waals surface area (Å²) in [6.07, 6.45) is 3.93. The van der Waals surface area contributed by atoms with E-state index in [2.05, 4.69) is 10.4 Å². The molecule has 1 aliphatic rings. The molecule has 7 heteroatoms. The molecule has 0 bridgehead atoms. The lowest BCUT2D eigenvalue weighted by Gasteiger charge is -2.01. The highest BCUT2D eigenvalue weighted by atomic mass is 16.5. The van der Waals surface area contributed by atoms with Crippen molar-refractivity contribution in [2.24, 2.45) is 11.7 Å².